The van der Waals surface area contributed by atoms with Crippen LogP contribution in [0.4, 0.5) is 14.5 Å². The first-order chi connectivity index (χ1) is 16.5. The van der Waals surface area contributed by atoms with E-state index in [0.717, 1.165) is 6.07 Å². The van der Waals surface area contributed by atoms with Crippen LogP contribution in [0.5, 0.6) is 0 Å². The number of hydrogen-bond donors (Lipinski definition) is 1. The summed E-state index contributed by atoms with van der Waals surface area (Å²) in [6, 6.07) is 13.8. The zero-order valence-corrected chi connectivity index (χ0v) is 20.6. The van der Waals surface area contributed by atoms with Crippen molar-refractivity contribution >= 4 is 63.8 Å². The molecule has 2 atom stereocenters. The van der Waals surface area contributed by atoms with Crippen LogP contribution in [0.3, 0.4) is 0 Å². The van der Waals surface area contributed by atoms with E-state index in [1.165, 1.54) is 30.3 Å². The second-order valence-corrected chi connectivity index (χ2v) is 10.3. The Balaban J connectivity index is 1.52. The molecule has 3 aromatic carbocycles. The van der Waals surface area contributed by atoms with Crippen molar-refractivity contribution in [1.29, 1.82) is 5.26 Å². The Bertz CT molecular complexity index is 1400. The molecule has 1 aliphatic rings. The van der Waals surface area contributed by atoms with Gasteiger partial charge in [0.05, 0.1) is 22.6 Å². The molecule has 0 bridgehead atoms. The molecule has 4 nitrogen and oxygen atoms in total. The molecular formula is C25H14Cl4F2N2O2. The first kappa shape index (κ1) is 25.4. The van der Waals surface area contributed by atoms with Crippen LogP contribution in [0.25, 0.3) is 0 Å². The highest BCUT2D eigenvalue weighted by atomic mass is 35.5. The molecule has 1 N–H and O–H groups in total. The van der Waals surface area contributed by atoms with E-state index in [1.54, 1.807) is 12.1 Å². The van der Waals surface area contributed by atoms with Gasteiger partial charge in [0.2, 0.25) is 5.91 Å². The number of rotatable bonds is 6. The molecule has 2 unspecified atom stereocenters. The Morgan fingerprint density at radius 2 is 1.77 bits per heavy atom. The van der Waals surface area contributed by atoms with Gasteiger partial charge >= 0.3 is 0 Å². The Hall–Kier alpha value is -2.69. The van der Waals surface area contributed by atoms with E-state index in [0.29, 0.717) is 22.2 Å². The van der Waals surface area contributed by atoms with Crippen LogP contribution in [0.1, 0.15) is 33.0 Å². The van der Waals surface area contributed by atoms with Crippen LogP contribution in [0.15, 0.2) is 54.6 Å². The molecule has 0 aromatic heterocycles. The van der Waals surface area contributed by atoms with E-state index in [2.05, 4.69) is 5.32 Å². The number of halogens is 6. The van der Waals surface area contributed by atoms with Crippen LogP contribution < -0.4 is 5.32 Å². The van der Waals surface area contributed by atoms with Gasteiger partial charge in [0, 0.05) is 34.7 Å². The molecule has 1 amide bonds. The van der Waals surface area contributed by atoms with E-state index in [9.17, 15) is 23.6 Å². The fraction of sp³-hybridized carbons (Fsp3) is 0.160. The molecule has 1 aliphatic carbocycles. The predicted molar refractivity (Wildman–Crippen MR) is 131 cm³/mol. The second-order valence-electron chi connectivity index (χ2n) is 8.03. The summed E-state index contributed by atoms with van der Waals surface area (Å²) in [5.41, 5.74) is 1.17. The highest BCUT2D eigenvalue weighted by Crippen LogP contribution is 2.65. The molecule has 1 fully saturated rings. The summed E-state index contributed by atoms with van der Waals surface area (Å²) in [6.07, 6.45) is -0.351. The first-order valence-corrected chi connectivity index (χ1v) is 11.7. The Morgan fingerprint density at radius 3 is 2.46 bits per heavy atom. The molecule has 35 heavy (non-hydrogen) atoms. The Labute approximate surface area is 219 Å². The molecule has 3 aromatic rings. The molecule has 178 valence electrons. The maximum absolute atomic E-state index is 14.0. The molecular weight excluding hydrogens is 540 g/mol. The monoisotopic (exact) mass is 552 g/mol. The lowest BCUT2D eigenvalue weighted by Crippen LogP contribution is -2.17. The van der Waals surface area contributed by atoms with Gasteiger partial charge in [-0.2, -0.15) is 5.26 Å². The van der Waals surface area contributed by atoms with E-state index in [1.807, 2.05) is 6.07 Å². The number of alkyl halides is 2. The van der Waals surface area contributed by atoms with Crippen molar-refractivity contribution < 1.29 is 18.4 Å². The zero-order chi connectivity index (χ0) is 25.5. The van der Waals surface area contributed by atoms with Gasteiger partial charge in [-0.15, -0.1) is 23.2 Å². The van der Waals surface area contributed by atoms with E-state index >= 15 is 0 Å². The molecule has 10 heteroatoms. The number of hydrogen-bond acceptors (Lipinski definition) is 3. The lowest BCUT2D eigenvalue weighted by molar-refractivity contribution is -0.117. The number of nitrogens with one attached hydrogen (secondary N) is 1. The number of nitriles is 1. The van der Waals surface area contributed by atoms with Crippen LogP contribution >= 0.6 is 46.4 Å². The average molecular weight is 554 g/mol. The summed E-state index contributed by atoms with van der Waals surface area (Å²) >= 11 is 25.0. The summed E-state index contributed by atoms with van der Waals surface area (Å²) in [7, 11) is 0. The van der Waals surface area contributed by atoms with Crippen molar-refractivity contribution in [2.24, 2.45) is 5.92 Å². The third-order valence-corrected chi connectivity index (χ3v) is 7.13. The number of ketones is 1. The largest absolute Gasteiger partial charge is 0.326 e. The number of anilines is 1. The summed E-state index contributed by atoms with van der Waals surface area (Å²) in [5, 5.41) is 12.3. The van der Waals surface area contributed by atoms with Gasteiger partial charge in [0.25, 0.3) is 0 Å². The number of carbonyl (C=O) groups excluding carboxylic acids is 2. The van der Waals surface area contributed by atoms with Gasteiger partial charge < -0.3 is 5.32 Å². The highest BCUT2D eigenvalue weighted by Gasteiger charge is 2.67. The van der Waals surface area contributed by atoms with Crippen LogP contribution in [0, 0.1) is 28.9 Å². The smallest absolute Gasteiger partial charge is 0.231 e. The second kappa shape index (κ2) is 9.75. The van der Waals surface area contributed by atoms with Crippen molar-refractivity contribution in [3.63, 3.8) is 0 Å². The number of benzene rings is 3. The molecule has 0 heterocycles. The fourth-order valence-corrected chi connectivity index (χ4v) is 5.19. The minimum atomic E-state index is -1.42. The number of nitrogens with zero attached hydrogens (tertiary/aromatic N) is 1. The Morgan fingerprint density at radius 1 is 1.03 bits per heavy atom. The van der Waals surface area contributed by atoms with Gasteiger partial charge in [-0.1, -0.05) is 29.3 Å². The van der Waals surface area contributed by atoms with E-state index < -0.39 is 39.5 Å². The summed E-state index contributed by atoms with van der Waals surface area (Å²) in [5.74, 6) is -4.09. The van der Waals surface area contributed by atoms with E-state index in [-0.39, 0.29) is 28.3 Å². The van der Waals surface area contributed by atoms with Crippen molar-refractivity contribution in [2.45, 2.75) is 16.7 Å². The number of Topliss-reactive ketones (excluding diaryl/α,β-unsaturated/α-hetero) is 1. The Kier molecular flexibility index (Phi) is 7.08. The maximum atomic E-state index is 14.0. The summed E-state index contributed by atoms with van der Waals surface area (Å²) < 4.78 is 25.7. The van der Waals surface area contributed by atoms with Gasteiger partial charge in [-0.3, -0.25) is 9.59 Å². The molecule has 0 aliphatic heterocycles. The minimum Gasteiger partial charge on any atom is -0.326 e. The number of amides is 1. The quantitative estimate of drug-likeness (QED) is 0.261. The average Bonchev–Trinajstić information content (AvgIpc) is 3.38. The van der Waals surface area contributed by atoms with Gasteiger partial charge in [0.15, 0.2) is 5.78 Å². The van der Waals surface area contributed by atoms with Gasteiger partial charge in [0.1, 0.15) is 16.0 Å². The molecule has 1 saturated carbocycles. The van der Waals surface area contributed by atoms with Crippen LogP contribution in [0.2, 0.25) is 10.0 Å². The van der Waals surface area contributed by atoms with Crippen LogP contribution in [-0.4, -0.2) is 16.0 Å². The summed E-state index contributed by atoms with van der Waals surface area (Å²) in [4.78, 5) is 25.7. The molecule has 0 spiro atoms. The minimum absolute atomic E-state index is 0.00931. The third-order valence-electron chi connectivity index (χ3n) is 5.64. The standard InChI is InChI=1S/C25H14Cl4F2N2O2/c26-15-6-12(11-32)5-14(7-15)22-23(25(22,28)29)24(35)33-17-3-4-19(27)18(10-17)21(34)8-13-1-2-16(30)9-20(13)31/h1-7,9-10,22-23H,8H2,(H,33,35). The number of carbonyl (C=O) groups is 2. The predicted octanol–water partition coefficient (Wildman–Crippen LogP) is 7.09. The van der Waals surface area contributed by atoms with Crippen molar-refractivity contribution in [1.82, 2.24) is 0 Å². The molecule has 0 radical (unpaired) electrons. The normalized spacial score (nSPS) is 18.0. The zero-order valence-electron chi connectivity index (χ0n) is 17.6. The summed E-state index contributed by atoms with van der Waals surface area (Å²) in [6.45, 7) is 0. The molecule has 4 rings (SSSR count). The first-order valence-electron chi connectivity index (χ1n) is 10.2. The SMILES string of the molecule is N#Cc1cc(Cl)cc(C2C(C(=O)Nc3ccc(Cl)c(C(=O)Cc4ccc(F)cc4F)c3)C2(Cl)Cl)c1. The maximum Gasteiger partial charge on any atom is 0.231 e. The van der Waals surface area contributed by atoms with Crippen molar-refractivity contribution in [2.75, 3.05) is 5.32 Å². The van der Waals surface area contributed by atoms with Crippen LogP contribution in [-0.2, 0) is 11.2 Å². The van der Waals surface area contributed by atoms with Crippen molar-refractivity contribution in [3.05, 3.63) is 98.5 Å². The fourth-order valence-electron chi connectivity index (χ4n) is 3.89. The molecule has 0 saturated heterocycles. The van der Waals surface area contributed by atoms with Crippen molar-refractivity contribution in [3.8, 4) is 6.07 Å². The topological polar surface area (TPSA) is 70.0 Å². The highest BCUT2D eigenvalue weighted by molar-refractivity contribution is 6.53. The van der Waals surface area contributed by atoms with Gasteiger partial charge in [-0.25, -0.2) is 8.78 Å². The van der Waals surface area contributed by atoms with Gasteiger partial charge in [-0.05, 0) is 53.6 Å². The lowest BCUT2D eigenvalue weighted by Gasteiger charge is -2.10. The third kappa shape index (κ3) is 5.29. The lowest BCUT2D eigenvalue weighted by atomic mass is 10.0. The van der Waals surface area contributed by atoms with E-state index in [4.69, 9.17) is 46.4 Å².